The molecular weight excluding hydrogens is 258 g/mol. The van der Waals surface area contributed by atoms with Crippen molar-refractivity contribution in [1.82, 2.24) is 19.4 Å². The number of aromatic nitrogens is 5. The lowest BCUT2D eigenvalue weighted by atomic mass is 10.2. The van der Waals surface area contributed by atoms with Gasteiger partial charge in [0.05, 0.1) is 12.4 Å². The molecule has 4 aromatic heterocycles. The van der Waals surface area contributed by atoms with Gasteiger partial charge < -0.3 is 0 Å². The first-order valence-corrected chi connectivity index (χ1v) is 6.81. The van der Waals surface area contributed by atoms with Gasteiger partial charge in [0.25, 0.3) is 0 Å². The summed E-state index contributed by atoms with van der Waals surface area (Å²) in [4.78, 5) is 14.0. The van der Waals surface area contributed by atoms with Crippen LogP contribution in [-0.4, -0.2) is 19.4 Å². The van der Waals surface area contributed by atoms with Crippen LogP contribution in [0.4, 0.5) is 0 Å². The Morgan fingerprint density at radius 1 is 1.21 bits per heavy atom. The van der Waals surface area contributed by atoms with Gasteiger partial charge in [0.2, 0.25) is 10.5 Å². The molecule has 0 aromatic carbocycles. The highest BCUT2D eigenvalue weighted by atomic mass is 32.1. The number of hydrogen-bond donors (Lipinski definition) is 0. The zero-order valence-corrected chi connectivity index (χ0v) is 10.6. The van der Waals surface area contributed by atoms with Crippen molar-refractivity contribution in [3.63, 3.8) is 0 Å². The molecule has 0 bridgehead atoms. The fourth-order valence-electron chi connectivity index (χ4n) is 2.71. The maximum absolute atomic E-state index is 4.63. The van der Waals surface area contributed by atoms with E-state index in [4.69, 9.17) is 0 Å². The van der Waals surface area contributed by atoms with Crippen molar-refractivity contribution in [2.24, 2.45) is 0 Å². The molecule has 0 radical (unpaired) electrons. The van der Waals surface area contributed by atoms with Gasteiger partial charge in [-0.05, 0) is 6.07 Å². The molecule has 19 heavy (non-hydrogen) atoms. The molecule has 0 N–H and O–H groups in total. The summed E-state index contributed by atoms with van der Waals surface area (Å²) in [6.45, 7) is 0.870. The lowest BCUT2D eigenvalue weighted by Crippen LogP contribution is -2.31. The zero-order chi connectivity index (χ0) is 12.4. The Hall–Kier alpha value is -2.34. The first-order chi connectivity index (χ1) is 9.42. The smallest absolute Gasteiger partial charge is 0.264 e. The molecule has 0 amide bonds. The highest BCUT2D eigenvalue weighted by Gasteiger charge is 2.31. The molecule has 0 spiro atoms. The van der Waals surface area contributed by atoms with Gasteiger partial charge in [-0.1, -0.05) is 11.3 Å². The SMILES string of the molecule is c1cc2c(cn1)C[n+]1c-2sc2nc3cnccn3c21. The fraction of sp³-hybridized carbons (Fsp3) is 0.0769. The van der Waals surface area contributed by atoms with Crippen LogP contribution in [0.5, 0.6) is 0 Å². The molecule has 4 aromatic rings. The molecule has 1 aliphatic heterocycles. The molecule has 0 unspecified atom stereocenters. The predicted octanol–water partition coefficient (Wildman–Crippen LogP) is 1.66. The maximum atomic E-state index is 4.63. The molecule has 5 heterocycles. The standard InChI is InChI=1S/C13H8N5S/c1-2-14-5-8-7-18-12-11(19-13(18)9(1)8)16-10-6-15-3-4-17(10)12/h1-6H,7H2/q+1. The van der Waals surface area contributed by atoms with Crippen molar-refractivity contribution >= 4 is 27.5 Å². The number of nitrogens with zero attached hydrogens (tertiary/aromatic N) is 5. The molecule has 5 rings (SSSR count). The van der Waals surface area contributed by atoms with E-state index in [1.807, 2.05) is 18.6 Å². The summed E-state index contributed by atoms with van der Waals surface area (Å²) in [5.74, 6) is 0. The van der Waals surface area contributed by atoms with Gasteiger partial charge in [0.15, 0.2) is 5.01 Å². The fourth-order valence-corrected chi connectivity index (χ4v) is 3.90. The molecule has 0 atom stereocenters. The minimum Gasteiger partial charge on any atom is -0.264 e. The molecule has 0 saturated heterocycles. The quantitative estimate of drug-likeness (QED) is 0.400. The van der Waals surface area contributed by atoms with E-state index in [0.29, 0.717) is 0 Å². The molecular formula is C13H8N5S+. The van der Waals surface area contributed by atoms with E-state index in [0.717, 1.165) is 22.7 Å². The Bertz CT molecular complexity index is 952. The van der Waals surface area contributed by atoms with Crippen LogP contribution in [0.3, 0.4) is 0 Å². The van der Waals surface area contributed by atoms with Crippen LogP contribution >= 0.6 is 11.3 Å². The predicted molar refractivity (Wildman–Crippen MR) is 70.9 cm³/mol. The van der Waals surface area contributed by atoms with Crippen molar-refractivity contribution < 1.29 is 4.57 Å². The summed E-state index contributed by atoms with van der Waals surface area (Å²) in [6, 6.07) is 2.08. The maximum Gasteiger partial charge on any atom is 0.326 e. The molecule has 5 nitrogen and oxygen atoms in total. The van der Waals surface area contributed by atoms with Gasteiger partial charge in [-0.2, -0.15) is 9.38 Å². The number of pyridine rings is 1. The van der Waals surface area contributed by atoms with E-state index >= 15 is 0 Å². The summed E-state index contributed by atoms with van der Waals surface area (Å²) < 4.78 is 4.41. The van der Waals surface area contributed by atoms with Gasteiger partial charge in [0, 0.05) is 23.5 Å². The minimum atomic E-state index is 0.870. The van der Waals surface area contributed by atoms with Crippen LogP contribution in [0, 0.1) is 0 Å². The second-order valence-corrected chi connectivity index (χ2v) is 5.55. The lowest BCUT2D eigenvalue weighted by Gasteiger charge is -1.90. The van der Waals surface area contributed by atoms with Crippen LogP contribution < -0.4 is 4.57 Å². The Morgan fingerprint density at radius 3 is 3.16 bits per heavy atom. The highest BCUT2D eigenvalue weighted by molar-refractivity contribution is 7.20. The van der Waals surface area contributed by atoms with Crippen molar-refractivity contribution in [1.29, 1.82) is 0 Å². The third-order valence-corrected chi connectivity index (χ3v) is 4.63. The number of imidazole rings is 1. The zero-order valence-electron chi connectivity index (χ0n) is 9.82. The van der Waals surface area contributed by atoms with Crippen molar-refractivity contribution in [2.75, 3.05) is 0 Å². The summed E-state index contributed by atoms with van der Waals surface area (Å²) in [5, 5.41) is 1.26. The van der Waals surface area contributed by atoms with E-state index in [1.54, 1.807) is 23.7 Å². The summed E-state index contributed by atoms with van der Waals surface area (Å²) in [6.07, 6.45) is 9.35. The number of fused-ring (bicyclic) bond motifs is 7. The normalized spacial score (nSPS) is 13.1. The monoisotopic (exact) mass is 266 g/mol. The van der Waals surface area contributed by atoms with Crippen molar-refractivity contribution in [2.45, 2.75) is 6.54 Å². The van der Waals surface area contributed by atoms with Crippen LogP contribution in [0.25, 0.3) is 26.7 Å². The third kappa shape index (κ3) is 1.09. The molecule has 6 heteroatoms. The molecule has 0 saturated carbocycles. The summed E-state index contributed by atoms with van der Waals surface area (Å²) >= 11 is 1.73. The van der Waals surface area contributed by atoms with Crippen LogP contribution in [0.2, 0.25) is 0 Å². The Labute approximate surface area is 111 Å². The second kappa shape index (κ2) is 3.16. The van der Waals surface area contributed by atoms with Crippen LogP contribution in [0.1, 0.15) is 5.56 Å². The first-order valence-electron chi connectivity index (χ1n) is 5.99. The van der Waals surface area contributed by atoms with Crippen molar-refractivity contribution in [3.8, 4) is 10.6 Å². The van der Waals surface area contributed by atoms with Gasteiger partial charge in [-0.3, -0.25) is 9.97 Å². The van der Waals surface area contributed by atoms with Gasteiger partial charge >= 0.3 is 5.65 Å². The lowest BCUT2D eigenvalue weighted by molar-refractivity contribution is -0.644. The largest absolute Gasteiger partial charge is 0.326 e. The summed E-state index contributed by atoms with van der Waals surface area (Å²) in [5.41, 5.74) is 4.60. The van der Waals surface area contributed by atoms with Crippen LogP contribution in [0.15, 0.2) is 37.1 Å². The van der Waals surface area contributed by atoms with Crippen molar-refractivity contribution in [3.05, 3.63) is 42.6 Å². The average Bonchev–Trinajstić information content (AvgIpc) is 3.05. The Morgan fingerprint density at radius 2 is 2.16 bits per heavy atom. The van der Waals surface area contributed by atoms with Gasteiger partial charge in [-0.25, -0.2) is 4.57 Å². The van der Waals surface area contributed by atoms with Gasteiger partial charge in [-0.15, -0.1) is 0 Å². The average molecular weight is 266 g/mol. The summed E-state index contributed by atoms with van der Waals surface area (Å²) in [7, 11) is 0. The second-order valence-electron chi connectivity index (χ2n) is 4.57. The Balaban J connectivity index is 1.94. The molecule has 0 fully saturated rings. The number of thiazole rings is 1. The molecule has 0 aliphatic carbocycles. The molecule has 90 valence electrons. The topological polar surface area (TPSA) is 47.0 Å². The van der Waals surface area contributed by atoms with E-state index in [-0.39, 0.29) is 0 Å². The van der Waals surface area contributed by atoms with Gasteiger partial charge in [0.1, 0.15) is 12.7 Å². The molecule has 1 aliphatic rings. The van der Waals surface area contributed by atoms with E-state index in [9.17, 15) is 0 Å². The minimum absolute atomic E-state index is 0.870. The highest BCUT2D eigenvalue weighted by Crippen LogP contribution is 2.34. The van der Waals surface area contributed by atoms with E-state index in [2.05, 4.69) is 30.0 Å². The first kappa shape index (κ1) is 9.57. The third-order valence-electron chi connectivity index (χ3n) is 3.53. The van der Waals surface area contributed by atoms with Crippen LogP contribution in [-0.2, 0) is 6.54 Å². The van der Waals surface area contributed by atoms with E-state index in [1.165, 1.54) is 16.1 Å². The number of rotatable bonds is 0. The van der Waals surface area contributed by atoms with E-state index < -0.39 is 0 Å². The number of hydrogen-bond acceptors (Lipinski definition) is 4. The Kier molecular flexibility index (Phi) is 1.59.